The van der Waals surface area contributed by atoms with E-state index in [2.05, 4.69) is 6.92 Å². The van der Waals surface area contributed by atoms with Crippen LogP contribution >= 0.6 is 0 Å². The summed E-state index contributed by atoms with van der Waals surface area (Å²) in [4.78, 5) is 0. The van der Waals surface area contributed by atoms with E-state index >= 15 is 0 Å². The molecule has 0 saturated carbocycles. The number of methoxy groups -OCH3 is 1. The molecular weight excluding hydrogens is 156 g/mol. The van der Waals surface area contributed by atoms with Crippen molar-refractivity contribution in [2.24, 2.45) is 5.92 Å². The average Bonchev–Trinajstić information content (AvgIpc) is 2.03. The van der Waals surface area contributed by atoms with Gasteiger partial charge in [0.05, 0.1) is 12.7 Å². The molecule has 1 fully saturated rings. The summed E-state index contributed by atoms with van der Waals surface area (Å²) in [6.45, 7) is 4.16. The highest BCUT2D eigenvalue weighted by Gasteiger charge is 2.35. The summed E-state index contributed by atoms with van der Waals surface area (Å²) in [5, 5.41) is 8.96. The maximum absolute atomic E-state index is 8.96. The number of aliphatic hydroxyl groups excluding tert-OH is 1. The quantitative estimate of drug-likeness (QED) is 0.682. The summed E-state index contributed by atoms with van der Waals surface area (Å²) in [6.07, 6.45) is 1.77. The molecule has 1 rings (SSSR count). The maximum atomic E-state index is 8.96. The van der Waals surface area contributed by atoms with Gasteiger partial charge in [-0.3, -0.25) is 0 Å². The largest absolute Gasteiger partial charge is 0.394 e. The fourth-order valence-corrected chi connectivity index (χ4v) is 1.86. The van der Waals surface area contributed by atoms with Gasteiger partial charge in [0.25, 0.3) is 0 Å². The summed E-state index contributed by atoms with van der Waals surface area (Å²) >= 11 is 0. The van der Waals surface area contributed by atoms with Gasteiger partial charge in [-0.05, 0) is 19.3 Å². The van der Waals surface area contributed by atoms with Gasteiger partial charge >= 0.3 is 0 Å². The summed E-state index contributed by atoms with van der Waals surface area (Å²) in [5.41, 5.74) is 0. The first kappa shape index (κ1) is 9.96. The Morgan fingerprint density at radius 2 is 2.33 bits per heavy atom. The van der Waals surface area contributed by atoms with Crippen molar-refractivity contribution in [3.63, 3.8) is 0 Å². The first-order valence-corrected chi connectivity index (χ1v) is 4.43. The Morgan fingerprint density at radius 3 is 2.83 bits per heavy atom. The molecule has 0 amide bonds. The van der Waals surface area contributed by atoms with E-state index in [1.54, 1.807) is 7.11 Å². The Hall–Kier alpha value is -0.120. The van der Waals surface area contributed by atoms with Crippen molar-refractivity contribution in [1.29, 1.82) is 0 Å². The van der Waals surface area contributed by atoms with E-state index in [0.717, 1.165) is 12.8 Å². The van der Waals surface area contributed by atoms with Crippen LogP contribution < -0.4 is 0 Å². The minimum Gasteiger partial charge on any atom is -0.394 e. The Morgan fingerprint density at radius 1 is 1.67 bits per heavy atom. The summed E-state index contributed by atoms with van der Waals surface area (Å²) in [6, 6.07) is 0. The Labute approximate surface area is 73.7 Å². The minimum absolute atomic E-state index is 0.0568. The van der Waals surface area contributed by atoms with Crippen LogP contribution in [0.1, 0.15) is 26.7 Å². The zero-order valence-electron chi connectivity index (χ0n) is 8.04. The van der Waals surface area contributed by atoms with E-state index in [0.29, 0.717) is 5.92 Å². The standard InChI is InChI=1S/C9H18O3/c1-7-4-8(6-10)12-9(2,5-7)11-3/h7-8,10H,4-6H2,1-3H3/t7-,8-,9-/m1/s1. The lowest BCUT2D eigenvalue weighted by molar-refractivity contribution is -0.271. The predicted octanol–water partition coefficient (Wildman–Crippen LogP) is 1.16. The zero-order valence-corrected chi connectivity index (χ0v) is 8.04. The lowest BCUT2D eigenvalue weighted by atomic mass is 9.92. The first-order valence-electron chi connectivity index (χ1n) is 4.43. The van der Waals surface area contributed by atoms with Gasteiger partial charge in [-0.1, -0.05) is 6.92 Å². The molecule has 1 aliphatic heterocycles. The van der Waals surface area contributed by atoms with Crippen LogP contribution in [0.2, 0.25) is 0 Å². The molecule has 0 aromatic rings. The van der Waals surface area contributed by atoms with E-state index in [1.807, 2.05) is 6.92 Å². The Kier molecular flexibility index (Phi) is 3.09. The second kappa shape index (κ2) is 3.73. The number of aliphatic hydroxyl groups is 1. The lowest BCUT2D eigenvalue weighted by Crippen LogP contribution is -2.44. The van der Waals surface area contributed by atoms with E-state index in [1.165, 1.54) is 0 Å². The predicted molar refractivity (Wildman–Crippen MR) is 45.8 cm³/mol. The average molecular weight is 174 g/mol. The summed E-state index contributed by atoms with van der Waals surface area (Å²) < 4.78 is 10.8. The molecule has 72 valence electrons. The molecule has 0 aromatic carbocycles. The number of rotatable bonds is 2. The lowest BCUT2D eigenvalue weighted by Gasteiger charge is -2.39. The minimum atomic E-state index is -0.495. The summed E-state index contributed by atoms with van der Waals surface area (Å²) in [5.74, 6) is 0.0614. The van der Waals surface area contributed by atoms with Gasteiger partial charge in [0.15, 0.2) is 5.79 Å². The van der Waals surface area contributed by atoms with Crippen LogP contribution in [0.15, 0.2) is 0 Å². The smallest absolute Gasteiger partial charge is 0.165 e. The van der Waals surface area contributed by atoms with Crippen molar-refractivity contribution in [3.8, 4) is 0 Å². The second-order valence-electron chi connectivity index (χ2n) is 3.81. The molecular formula is C9H18O3. The normalized spacial score (nSPS) is 43.0. The fraction of sp³-hybridized carbons (Fsp3) is 1.00. The monoisotopic (exact) mass is 174 g/mol. The molecule has 3 nitrogen and oxygen atoms in total. The molecule has 12 heavy (non-hydrogen) atoms. The van der Waals surface area contributed by atoms with E-state index in [4.69, 9.17) is 14.6 Å². The van der Waals surface area contributed by atoms with Gasteiger partial charge in [-0.2, -0.15) is 0 Å². The molecule has 3 heteroatoms. The molecule has 0 spiro atoms. The molecule has 3 atom stereocenters. The molecule has 1 saturated heterocycles. The van der Waals surface area contributed by atoms with Crippen LogP contribution in [-0.2, 0) is 9.47 Å². The van der Waals surface area contributed by atoms with Crippen LogP contribution in [0.3, 0.4) is 0 Å². The Bertz CT molecular complexity index is 149. The van der Waals surface area contributed by atoms with Crippen LogP contribution in [0.5, 0.6) is 0 Å². The van der Waals surface area contributed by atoms with Crippen LogP contribution in [0, 0.1) is 5.92 Å². The van der Waals surface area contributed by atoms with Crippen LogP contribution in [-0.4, -0.2) is 30.7 Å². The third-order valence-corrected chi connectivity index (χ3v) is 2.44. The van der Waals surface area contributed by atoms with Crippen molar-refractivity contribution in [2.75, 3.05) is 13.7 Å². The van der Waals surface area contributed by atoms with Crippen molar-refractivity contribution < 1.29 is 14.6 Å². The molecule has 1 N–H and O–H groups in total. The van der Waals surface area contributed by atoms with Gasteiger partial charge in [0.1, 0.15) is 0 Å². The van der Waals surface area contributed by atoms with Crippen molar-refractivity contribution in [3.05, 3.63) is 0 Å². The molecule has 0 radical (unpaired) electrons. The van der Waals surface area contributed by atoms with E-state index < -0.39 is 5.79 Å². The van der Waals surface area contributed by atoms with E-state index in [9.17, 15) is 0 Å². The molecule has 0 unspecified atom stereocenters. The number of hydrogen-bond acceptors (Lipinski definition) is 3. The van der Waals surface area contributed by atoms with Crippen molar-refractivity contribution in [1.82, 2.24) is 0 Å². The molecule has 0 aromatic heterocycles. The molecule has 1 aliphatic rings. The Balaban J connectivity index is 2.56. The third kappa shape index (κ3) is 2.19. The molecule has 0 bridgehead atoms. The highest BCUT2D eigenvalue weighted by Crippen LogP contribution is 2.32. The van der Waals surface area contributed by atoms with Gasteiger partial charge in [0.2, 0.25) is 0 Å². The number of ether oxygens (including phenoxy) is 2. The second-order valence-corrected chi connectivity index (χ2v) is 3.81. The van der Waals surface area contributed by atoms with Gasteiger partial charge in [-0.25, -0.2) is 0 Å². The van der Waals surface area contributed by atoms with Crippen molar-refractivity contribution in [2.45, 2.75) is 38.6 Å². The maximum Gasteiger partial charge on any atom is 0.165 e. The van der Waals surface area contributed by atoms with Gasteiger partial charge in [-0.15, -0.1) is 0 Å². The first-order chi connectivity index (χ1) is 5.59. The molecule has 0 aliphatic carbocycles. The van der Waals surface area contributed by atoms with Crippen molar-refractivity contribution >= 4 is 0 Å². The van der Waals surface area contributed by atoms with Crippen LogP contribution in [0.25, 0.3) is 0 Å². The SMILES string of the molecule is CO[C@@]1(C)C[C@H](C)C[C@H](CO)O1. The van der Waals surface area contributed by atoms with E-state index in [-0.39, 0.29) is 12.7 Å². The molecule has 1 heterocycles. The fourth-order valence-electron chi connectivity index (χ4n) is 1.86. The third-order valence-electron chi connectivity index (χ3n) is 2.44. The summed E-state index contributed by atoms with van der Waals surface area (Å²) in [7, 11) is 1.65. The van der Waals surface area contributed by atoms with Gasteiger partial charge in [0, 0.05) is 13.5 Å². The topological polar surface area (TPSA) is 38.7 Å². The highest BCUT2D eigenvalue weighted by molar-refractivity contribution is 4.78. The van der Waals surface area contributed by atoms with Gasteiger partial charge < -0.3 is 14.6 Å². The highest BCUT2D eigenvalue weighted by atomic mass is 16.7. The van der Waals surface area contributed by atoms with Crippen LogP contribution in [0.4, 0.5) is 0 Å². The number of hydrogen-bond donors (Lipinski definition) is 1. The zero-order chi connectivity index (χ0) is 9.19.